The number of nitrogens with zero attached hydrogens (tertiary/aromatic N) is 2. The van der Waals surface area contributed by atoms with Gasteiger partial charge in [0.05, 0.1) is 6.04 Å². The Labute approximate surface area is 203 Å². The van der Waals surface area contributed by atoms with Gasteiger partial charge in [-0.15, -0.1) is 0 Å². The van der Waals surface area contributed by atoms with E-state index in [2.05, 4.69) is 41.5 Å². The second-order valence-corrected chi connectivity index (χ2v) is 13.1. The van der Waals surface area contributed by atoms with Crippen LogP contribution in [0.15, 0.2) is 0 Å². The topological polar surface area (TPSA) is 60.9 Å². The van der Waals surface area contributed by atoms with E-state index in [4.69, 9.17) is 0 Å². The van der Waals surface area contributed by atoms with E-state index in [0.29, 0.717) is 48.8 Å². The molecule has 1 rings (SSSR count). The van der Waals surface area contributed by atoms with Crippen molar-refractivity contribution in [1.29, 1.82) is 0 Å². The fourth-order valence-corrected chi connectivity index (χ4v) is 6.39. The second kappa shape index (κ2) is 14.3. The van der Waals surface area contributed by atoms with Crippen LogP contribution in [-0.4, -0.2) is 86.1 Å². The van der Waals surface area contributed by atoms with Gasteiger partial charge in [0.2, 0.25) is 0 Å². The van der Waals surface area contributed by atoms with Crippen LogP contribution in [0.3, 0.4) is 0 Å². The van der Waals surface area contributed by atoms with Gasteiger partial charge in [-0.1, -0.05) is 41.5 Å². The van der Waals surface area contributed by atoms with Crippen molar-refractivity contribution in [3.63, 3.8) is 0 Å². The number of hydrogen-bond acceptors (Lipinski definition) is 6. The summed E-state index contributed by atoms with van der Waals surface area (Å²) in [6.45, 7) is 15.8. The average Bonchev–Trinajstić information content (AvgIpc) is 2.68. The molecule has 0 spiro atoms. The van der Waals surface area contributed by atoms with E-state index in [-0.39, 0.29) is 6.03 Å². The number of hydrogen-bond donors (Lipinski definition) is 1. The van der Waals surface area contributed by atoms with Crippen LogP contribution in [0.2, 0.25) is 0 Å². The van der Waals surface area contributed by atoms with Crippen molar-refractivity contribution in [1.82, 2.24) is 9.80 Å². The number of carbonyl (C=O) groups excluding carboxylic acids is 2. The number of urea groups is 1. The molecule has 8 heteroatoms. The van der Waals surface area contributed by atoms with Crippen molar-refractivity contribution < 1.29 is 14.7 Å². The van der Waals surface area contributed by atoms with Gasteiger partial charge in [0.15, 0.2) is 5.60 Å². The zero-order valence-electron chi connectivity index (χ0n) is 20.6. The Hall–Kier alpha value is -0.0500. The summed E-state index contributed by atoms with van der Waals surface area (Å²) in [5, 5.41) is 11.5. The first-order valence-electron chi connectivity index (χ1n) is 11.6. The van der Waals surface area contributed by atoms with Crippen molar-refractivity contribution in [2.24, 2.45) is 17.8 Å². The lowest BCUT2D eigenvalue weighted by Gasteiger charge is -2.48. The number of aliphatic hydroxyl groups is 1. The summed E-state index contributed by atoms with van der Waals surface area (Å²) in [5.74, 6) is 6.62. The third-order valence-electron chi connectivity index (χ3n) is 5.17. The second-order valence-electron chi connectivity index (χ2n) is 9.69. The maximum atomic E-state index is 13.3. The van der Waals surface area contributed by atoms with Crippen LogP contribution in [-0.2, 0) is 4.79 Å². The van der Waals surface area contributed by atoms with E-state index in [1.807, 2.05) is 18.7 Å². The lowest BCUT2D eigenvalue weighted by Crippen LogP contribution is -2.70. The van der Waals surface area contributed by atoms with Crippen LogP contribution >= 0.6 is 35.3 Å². The molecule has 0 aromatic heterocycles. The van der Waals surface area contributed by atoms with E-state index >= 15 is 0 Å². The third-order valence-corrected chi connectivity index (χ3v) is 9.31. The molecule has 182 valence electrons. The van der Waals surface area contributed by atoms with E-state index in [1.54, 1.807) is 28.4 Å². The third kappa shape index (κ3) is 9.38. The molecule has 0 aromatic carbocycles. The average molecular weight is 493 g/mol. The Morgan fingerprint density at radius 1 is 0.839 bits per heavy atom. The normalized spacial score (nSPS) is 22.5. The van der Waals surface area contributed by atoms with Crippen molar-refractivity contribution in [2.45, 2.75) is 66.5 Å². The van der Waals surface area contributed by atoms with Crippen LogP contribution in [0, 0.1) is 17.8 Å². The van der Waals surface area contributed by atoms with Gasteiger partial charge >= 0.3 is 6.03 Å². The smallest absolute Gasteiger partial charge is 0.327 e. The number of imide groups is 1. The summed E-state index contributed by atoms with van der Waals surface area (Å²) < 4.78 is 0. The predicted octanol–water partition coefficient (Wildman–Crippen LogP) is 4.93. The van der Waals surface area contributed by atoms with Crippen LogP contribution in [0.25, 0.3) is 0 Å². The Bertz CT molecular complexity index is 560. The first kappa shape index (κ1) is 29.0. The minimum atomic E-state index is -1.51. The zero-order chi connectivity index (χ0) is 23.6. The molecule has 0 radical (unpaired) electrons. The van der Waals surface area contributed by atoms with Crippen LogP contribution in [0.4, 0.5) is 4.79 Å². The summed E-state index contributed by atoms with van der Waals surface area (Å²) in [4.78, 5) is 29.5. The van der Waals surface area contributed by atoms with Crippen molar-refractivity contribution in [3.05, 3.63) is 0 Å². The van der Waals surface area contributed by atoms with Crippen LogP contribution < -0.4 is 0 Å². The Morgan fingerprint density at radius 2 is 1.29 bits per heavy atom. The monoisotopic (exact) mass is 492 g/mol. The number of amides is 3. The lowest BCUT2D eigenvalue weighted by atomic mass is 9.87. The van der Waals surface area contributed by atoms with E-state index < -0.39 is 17.6 Å². The first-order valence-corrected chi connectivity index (χ1v) is 15.0. The summed E-state index contributed by atoms with van der Waals surface area (Å²) >= 11 is 5.35. The summed E-state index contributed by atoms with van der Waals surface area (Å²) in [6.07, 6.45) is 0.378. The molecule has 1 heterocycles. The fraction of sp³-hybridized carbons (Fsp3) is 0.913. The molecule has 0 bridgehead atoms. The largest absolute Gasteiger partial charge is 0.378 e. The first-order chi connectivity index (χ1) is 14.5. The van der Waals surface area contributed by atoms with Crippen molar-refractivity contribution in [2.75, 3.05) is 47.6 Å². The van der Waals surface area contributed by atoms with Crippen molar-refractivity contribution >= 4 is 47.2 Å². The molecule has 3 amide bonds. The number of rotatable bonds is 15. The molecule has 2 atom stereocenters. The van der Waals surface area contributed by atoms with Gasteiger partial charge in [0, 0.05) is 24.6 Å². The predicted molar refractivity (Wildman–Crippen MR) is 139 cm³/mol. The molecular weight excluding hydrogens is 448 g/mol. The molecule has 1 N–H and O–H groups in total. The maximum absolute atomic E-state index is 13.3. The van der Waals surface area contributed by atoms with Crippen molar-refractivity contribution in [3.8, 4) is 0 Å². The highest BCUT2D eigenvalue weighted by molar-refractivity contribution is 7.99. The maximum Gasteiger partial charge on any atom is 0.327 e. The van der Waals surface area contributed by atoms with E-state index in [9.17, 15) is 14.7 Å². The van der Waals surface area contributed by atoms with E-state index in [0.717, 1.165) is 23.0 Å². The molecule has 5 nitrogen and oxygen atoms in total. The fourth-order valence-electron chi connectivity index (χ4n) is 3.38. The highest BCUT2D eigenvalue weighted by Crippen LogP contribution is 2.31. The molecule has 2 unspecified atom stereocenters. The quantitative estimate of drug-likeness (QED) is 0.327. The molecule has 0 aromatic rings. The molecule has 1 aliphatic heterocycles. The van der Waals surface area contributed by atoms with Gasteiger partial charge in [-0.25, -0.2) is 4.79 Å². The highest BCUT2D eigenvalue weighted by Gasteiger charge is 2.53. The summed E-state index contributed by atoms with van der Waals surface area (Å²) in [7, 11) is 0. The number of carbonyl (C=O) groups is 2. The SMILES string of the molecule is CC(C)CSCCN1C(=O)N(CCSCC(C)C)C(C)C(O)(CCSCC(C)C)C1=O. The Kier molecular flexibility index (Phi) is 13.3. The molecule has 1 saturated heterocycles. The van der Waals surface area contributed by atoms with Crippen LogP contribution in [0.5, 0.6) is 0 Å². The Morgan fingerprint density at radius 3 is 1.77 bits per heavy atom. The minimum Gasteiger partial charge on any atom is -0.378 e. The lowest BCUT2D eigenvalue weighted by molar-refractivity contribution is -0.161. The van der Waals surface area contributed by atoms with Crippen LogP contribution in [0.1, 0.15) is 54.9 Å². The van der Waals surface area contributed by atoms with Gasteiger partial charge < -0.3 is 10.0 Å². The van der Waals surface area contributed by atoms with Gasteiger partial charge in [-0.05, 0) is 54.1 Å². The minimum absolute atomic E-state index is 0.243. The molecule has 1 aliphatic rings. The summed E-state index contributed by atoms with van der Waals surface area (Å²) in [6, 6.07) is -0.751. The van der Waals surface area contributed by atoms with Gasteiger partial charge in [0.25, 0.3) is 5.91 Å². The molecular formula is C23H44N2O3S3. The molecule has 0 aliphatic carbocycles. The number of thioether (sulfide) groups is 3. The van der Waals surface area contributed by atoms with E-state index in [1.165, 1.54) is 4.90 Å². The summed E-state index contributed by atoms with van der Waals surface area (Å²) in [5.41, 5.74) is -1.51. The molecule has 0 saturated carbocycles. The molecule has 1 fully saturated rings. The standard InChI is InChI=1S/C23H44N2O3S3/c1-17(2)14-29-11-8-23(28)20(7)24(9-12-30-15-18(3)4)22(27)25(21(23)26)10-13-31-16-19(5)6/h17-20,28H,8-16H2,1-7H3. The van der Waals surface area contributed by atoms with Gasteiger partial charge in [-0.3, -0.25) is 9.69 Å². The van der Waals surface area contributed by atoms with Gasteiger partial charge in [0.1, 0.15) is 0 Å². The zero-order valence-corrected chi connectivity index (χ0v) is 23.0. The highest BCUT2D eigenvalue weighted by atomic mass is 32.2. The van der Waals surface area contributed by atoms with Gasteiger partial charge in [-0.2, -0.15) is 35.3 Å². The molecule has 31 heavy (non-hydrogen) atoms. The Balaban J connectivity index is 2.89.